The number of hydrogen-bond donors (Lipinski definition) is 1. The summed E-state index contributed by atoms with van der Waals surface area (Å²) in [5.74, 6) is 0.278. The maximum Gasteiger partial charge on any atom is 0.212 e. The minimum absolute atomic E-state index is 0.243. The molecule has 1 N–H and O–H groups in total. The Morgan fingerprint density at radius 3 is 2.74 bits per heavy atom. The van der Waals surface area contributed by atoms with Crippen LogP contribution >= 0.6 is 0 Å². The highest BCUT2D eigenvalue weighted by Crippen LogP contribution is 2.24. The number of halogens is 1. The number of pyridine rings is 1. The Labute approximate surface area is 112 Å². The summed E-state index contributed by atoms with van der Waals surface area (Å²) in [6, 6.07) is 8.67. The Kier molecular flexibility index (Phi) is 4.47. The molecule has 0 aliphatic carbocycles. The minimum Gasteiger partial charge on any atom is -0.481 e. The largest absolute Gasteiger partial charge is 0.481 e. The van der Waals surface area contributed by atoms with E-state index in [2.05, 4.69) is 10.3 Å². The van der Waals surface area contributed by atoms with Crippen LogP contribution in [0.15, 0.2) is 36.5 Å². The molecular formula is C15H17FN2O. The molecule has 0 atom stereocenters. The van der Waals surface area contributed by atoms with Crippen LogP contribution in [0.5, 0.6) is 5.88 Å². The molecule has 1 aromatic heterocycles. The summed E-state index contributed by atoms with van der Waals surface area (Å²) in [5, 5.41) is 3.22. The molecule has 2 rings (SSSR count). The smallest absolute Gasteiger partial charge is 0.212 e. The second kappa shape index (κ2) is 6.29. The van der Waals surface area contributed by atoms with Gasteiger partial charge in [0.05, 0.1) is 7.11 Å². The standard InChI is InChI=1S/C15H17FN2O/c1-3-17-9-11-4-6-14(16)13(8-11)12-5-7-15(19-2)18-10-12/h4-8,10,17H,3,9H2,1-2H3. The van der Waals surface area contributed by atoms with Crippen molar-refractivity contribution in [1.29, 1.82) is 0 Å². The van der Waals surface area contributed by atoms with E-state index in [9.17, 15) is 4.39 Å². The third kappa shape index (κ3) is 3.29. The van der Waals surface area contributed by atoms with E-state index in [0.29, 0.717) is 11.4 Å². The molecule has 0 saturated heterocycles. The van der Waals surface area contributed by atoms with Crippen LogP contribution in [0.3, 0.4) is 0 Å². The first kappa shape index (κ1) is 13.5. The van der Waals surface area contributed by atoms with E-state index >= 15 is 0 Å². The SMILES string of the molecule is CCNCc1ccc(F)c(-c2ccc(OC)nc2)c1. The first-order chi connectivity index (χ1) is 9.24. The van der Waals surface area contributed by atoms with E-state index in [1.165, 1.54) is 6.07 Å². The highest BCUT2D eigenvalue weighted by molar-refractivity contribution is 5.64. The van der Waals surface area contributed by atoms with Crippen molar-refractivity contribution in [1.82, 2.24) is 10.3 Å². The van der Waals surface area contributed by atoms with Gasteiger partial charge < -0.3 is 10.1 Å². The maximum atomic E-state index is 13.9. The fraction of sp³-hybridized carbons (Fsp3) is 0.267. The molecule has 0 spiro atoms. The van der Waals surface area contributed by atoms with Crippen molar-refractivity contribution < 1.29 is 9.13 Å². The molecule has 2 aromatic rings. The number of nitrogens with zero attached hydrogens (tertiary/aromatic N) is 1. The molecule has 1 aromatic carbocycles. The van der Waals surface area contributed by atoms with Crippen LogP contribution in [-0.4, -0.2) is 18.6 Å². The second-order valence-corrected chi connectivity index (χ2v) is 4.18. The number of hydrogen-bond acceptors (Lipinski definition) is 3. The van der Waals surface area contributed by atoms with E-state index in [1.54, 1.807) is 31.5 Å². The number of aromatic nitrogens is 1. The van der Waals surface area contributed by atoms with Crippen molar-refractivity contribution in [2.24, 2.45) is 0 Å². The number of methoxy groups -OCH3 is 1. The minimum atomic E-state index is -0.243. The van der Waals surface area contributed by atoms with Crippen LogP contribution in [0.25, 0.3) is 11.1 Å². The summed E-state index contributed by atoms with van der Waals surface area (Å²) in [4.78, 5) is 4.10. The van der Waals surface area contributed by atoms with Gasteiger partial charge in [-0.2, -0.15) is 0 Å². The Hall–Kier alpha value is -1.94. The van der Waals surface area contributed by atoms with Crippen LogP contribution in [0.2, 0.25) is 0 Å². The van der Waals surface area contributed by atoms with E-state index in [4.69, 9.17) is 4.74 Å². The van der Waals surface area contributed by atoms with E-state index < -0.39 is 0 Å². The van der Waals surface area contributed by atoms with Gasteiger partial charge in [0.1, 0.15) is 5.82 Å². The molecule has 19 heavy (non-hydrogen) atoms. The number of ether oxygens (including phenoxy) is 1. The van der Waals surface area contributed by atoms with E-state index in [1.807, 2.05) is 13.0 Å². The number of rotatable bonds is 5. The van der Waals surface area contributed by atoms with Gasteiger partial charge in [-0.05, 0) is 30.3 Å². The lowest BCUT2D eigenvalue weighted by Gasteiger charge is -2.08. The van der Waals surface area contributed by atoms with Gasteiger partial charge in [0, 0.05) is 29.9 Å². The first-order valence-electron chi connectivity index (χ1n) is 6.24. The molecule has 0 amide bonds. The predicted molar refractivity (Wildman–Crippen MR) is 73.6 cm³/mol. The van der Waals surface area contributed by atoms with Gasteiger partial charge >= 0.3 is 0 Å². The summed E-state index contributed by atoms with van der Waals surface area (Å²) in [6.07, 6.45) is 1.62. The Bertz CT molecular complexity index is 540. The zero-order chi connectivity index (χ0) is 13.7. The molecule has 0 bridgehead atoms. The Balaban J connectivity index is 2.31. The van der Waals surface area contributed by atoms with E-state index in [-0.39, 0.29) is 5.82 Å². The molecule has 1 heterocycles. The second-order valence-electron chi connectivity index (χ2n) is 4.18. The third-order valence-corrected chi connectivity index (χ3v) is 2.87. The lowest BCUT2D eigenvalue weighted by atomic mass is 10.0. The molecule has 0 unspecified atom stereocenters. The van der Waals surface area contributed by atoms with Gasteiger partial charge in [-0.1, -0.05) is 13.0 Å². The van der Waals surface area contributed by atoms with Crippen molar-refractivity contribution in [2.75, 3.05) is 13.7 Å². The van der Waals surface area contributed by atoms with Crippen LogP contribution in [0.4, 0.5) is 4.39 Å². The van der Waals surface area contributed by atoms with Crippen molar-refractivity contribution in [3.05, 3.63) is 47.9 Å². The molecule has 4 heteroatoms. The maximum absolute atomic E-state index is 13.9. The molecule has 0 fully saturated rings. The summed E-state index contributed by atoms with van der Waals surface area (Å²) in [5.41, 5.74) is 2.36. The molecule has 0 aliphatic rings. The first-order valence-corrected chi connectivity index (χ1v) is 6.24. The summed E-state index contributed by atoms with van der Waals surface area (Å²) in [6.45, 7) is 3.65. The molecule has 0 aliphatic heterocycles. The Morgan fingerprint density at radius 1 is 1.26 bits per heavy atom. The average Bonchev–Trinajstić information content (AvgIpc) is 2.46. The fourth-order valence-corrected chi connectivity index (χ4v) is 1.83. The fourth-order valence-electron chi connectivity index (χ4n) is 1.83. The van der Waals surface area contributed by atoms with Crippen molar-refractivity contribution in [2.45, 2.75) is 13.5 Å². The van der Waals surface area contributed by atoms with Gasteiger partial charge in [0.2, 0.25) is 5.88 Å². The molecular weight excluding hydrogens is 243 g/mol. The van der Waals surface area contributed by atoms with Crippen molar-refractivity contribution in [3.63, 3.8) is 0 Å². The van der Waals surface area contributed by atoms with Crippen LogP contribution in [-0.2, 0) is 6.54 Å². The average molecular weight is 260 g/mol. The van der Waals surface area contributed by atoms with Crippen molar-refractivity contribution in [3.8, 4) is 17.0 Å². The van der Waals surface area contributed by atoms with Gasteiger partial charge in [0.25, 0.3) is 0 Å². The molecule has 0 radical (unpaired) electrons. The number of nitrogens with one attached hydrogen (secondary N) is 1. The summed E-state index contributed by atoms with van der Waals surface area (Å²) < 4.78 is 18.9. The lowest BCUT2D eigenvalue weighted by Crippen LogP contribution is -2.11. The Morgan fingerprint density at radius 2 is 2.11 bits per heavy atom. The van der Waals surface area contributed by atoms with Crippen LogP contribution < -0.4 is 10.1 Å². The summed E-state index contributed by atoms with van der Waals surface area (Å²) >= 11 is 0. The van der Waals surface area contributed by atoms with Gasteiger partial charge in [-0.25, -0.2) is 9.37 Å². The normalized spacial score (nSPS) is 10.5. The van der Waals surface area contributed by atoms with E-state index in [0.717, 1.165) is 24.2 Å². The molecule has 0 saturated carbocycles. The summed E-state index contributed by atoms with van der Waals surface area (Å²) in [7, 11) is 1.56. The van der Waals surface area contributed by atoms with Gasteiger partial charge in [-0.15, -0.1) is 0 Å². The third-order valence-electron chi connectivity index (χ3n) is 2.87. The van der Waals surface area contributed by atoms with Crippen LogP contribution in [0, 0.1) is 5.82 Å². The monoisotopic (exact) mass is 260 g/mol. The zero-order valence-electron chi connectivity index (χ0n) is 11.1. The topological polar surface area (TPSA) is 34.1 Å². The number of benzene rings is 1. The lowest BCUT2D eigenvalue weighted by molar-refractivity contribution is 0.398. The quantitative estimate of drug-likeness (QED) is 0.897. The molecule has 3 nitrogen and oxygen atoms in total. The highest BCUT2D eigenvalue weighted by atomic mass is 19.1. The molecule has 100 valence electrons. The van der Waals surface area contributed by atoms with Gasteiger partial charge in [0.15, 0.2) is 0 Å². The highest BCUT2D eigenvalue weighted by Gasteiger charge is 2.07. The van der Waals surface area contributed by atoms with Gasteiger partial charge in [-0.3, -0.25) is 0 Å². The van der Waals surface area contributed by atoms with Crippen molar-refractivity contribution >= 4 is 0 Å². The zero-order valence-corrected chi connectivity index (χ0v) is 11.1. The van der Waals surface area contributed by atoms with Crippen LogP contribution in [0.1, 0.15) is 12.5 Å². The predicted octanol–water partition coefficient (Wildman–Crippen LogP) is 3.01.